The summed E-state index contributed by atoms with van der Waals surface area (Å²) in [5, 5.41) is 14.3. The van der Waals surface area contributed by atoms with E-state index in [9.17, 15) is 4.79 Å². The zero-order valence-corrected chi connectivity index (χ0v) is 11.2. The van der Waals surface area contributed by atoms with E-state index < -0.39 is 6.09 Å². The normalized spacial score (nSPS) is 18.5. The van der Waals surface area contributed by atoms with Crippen LogP contribution in [0.4, 0.5) is 16.4 Å². The maximum Gasteiger partial charge on any atom is 0.404 e. The van der Waals surface area contributed by atoms with E-state index in [4.69, 9.17) is 5.11 Å². The molecule has 1 aliphatic carbocycles. The van der Waals surface area contributed by atoms with Crippen LogP contribution in [-0.4, -0.2) is 47.3 Å². The topological polar surface area (TPSA) is 90.4 Å². The lowest BCUT2D eigenvalue weighted by Crippen LogP contribution is -2.51. The van der Waals surface area contributed by atoms with Gasteiger partial charge < -0.3 is 20.6 Å². The SMILES string of the molecule is O=C(O)NCC1CN(c2cc(NCC3CC3)ncn2)C1. The van der Waals surface area contributed by atoms with Crippen LogP contribution in [0.1, 0.15) is 12.8 Å². The summed E-state index contributed by atoms with van der Waals surface area (Å²) in [6.07, 6.45) is 3.25. The molecule has 0 aromatic carbocycles. The molecule has 3 N–H and O–H groups in total. The number of amides is 1. The second-order valence-corrected chi connectivity index (χ2v) is 5.54. The molecule has 3 rings (SSSR count). The molecule has 2 heterocycles. The minimum absolute atomic E-state index is 0.365. The Bertz CT molecular complexity index is 485. The fraction of sp³-hybridized carbons (Fsp3) is 0.615. The summed E-state index contributed by atoms with van der Waals surface area (Å²) in [7, 11) is 0. The minimum atomic E-state index is -0.961. The van der Waals surface area contributed by atoms with E-state index in [1.54, 1.807) is 6.33 Å². The van der Waals surface area contributed by atoms with Gasteiger partial charge in [-0.3, -0.25) is 0 Å². The third-order valence-electron chi connectivity index (χ3n) is 3.74. The highest BCUT2D eigenvalue weighted by atomic mass is 16.4. The molecule has 0 radical (unpaired) electrons. The highest BCUT2D eigenvalue weighted by molar-refractivity contribution is 5.64. The Morgan fingerprint density at radius 3 is 2.80 bits per heavy atom. The van der Waals surface area contributed by atoms with E-state index in [0.29, 0.717) is 12.5 Å². The lowest BCUT2D eigenvalue weighted by atomic mass is 10.0. The van der Waals surface area contributed by atoms with E-state index >= 15 is 0 Å². The van der Waals surface area contributed by atoms with Crippen LogP contribution >= 0.6 is 0 Å². The second kappa shape index (κ2) is 5.52. The number of hydrogen-bond acceptors (Lipinski definition) is 5. The fourth-order valence-corrected chi connectivity index (χ4v) is 2.31. The molecule has 1 saturated carbocycles. The van der Waals surface area contributed by atoms with Crippen molar-refractivity contribution < 1.29 is 9.90 Å². The van der Waals surface area contributed by atoms with Gasteiger partial charge in [0.15, 0.2) is 0 Å². The van der Waals surface area contributed by atoms with Gasteiger partial charge in [0.05, 0.1) is 0 Å². The standard InChI is InChI=1S/C13H19N5O2/c19-13(20)15-5-10-6-18(7-10)12-3-11(16-8-17-12)14-4-9-1-2-9/h3,8-10,15H,1-2,4-7H2,(H,19,20)(H,14,16,17). The lowest BCUT2D eigenvalue weighted by molar-refractivity contribution is 0.191. The lowest BCUT2D eigenvalue weighted by Gasteiger charge is -2.40. The summed E-state index contributed by atoms with van der Waals surface area (Å²) in [5.74, 6) is 2.95. The average Bonchev–Trinajstić information content (AvgIpc) is 3.18. The quantitative estimate of drug-likeness (QED) is 0.718. The largest absolute Gasteiger partial charge is 0.465 e. The molecular weight excluding hydrogens is 258 g/mol. The third-order valence-corrected chi connectivity index (χ3v) is 3.74. The van der Waals surface area contributed by atoms with Crippen LogP contribution in [0.5, 0.6) is 0 Å². The molecule has 1 aliphatic heterocycles. The average molecular weight is 277 g/mol. The van der Waals surface area contributed by atoms with Gasteiger partial charge in [-0.25, -0.2) is 14.8 Å². The van der Waals surface area contributed by atoms with Gasteiger partial charge >= 0.3 is 6.09 Å². The molecule has 1 aromatic heterocycles. The summed E-state index contributed by atoms with van der Waals surface area (Å²) in [6.45, 7) is 3.16. The van der Waals surface area contributed by atoms with Crippen molar-refractivity contribution in [3.63, 3.8) is 0 Å². The van der Waals surface area contributed by atoms with Gasteiger partial charge in [-0.05, 0) is 18.8 Å². The van der Waals surface area contributed by atoms with Gasteiger partial charge in [0, 0.05) is 38.2 Å². The van der Waals surface area contributed by atoms with Crippen molar-refractivity contribution in [2.75, 3.05) is 36.4 Å². The number of nitrogens with zero attached hydrogens (tertiary/aromatic N) is 3. The Kier molecular flexibility index (Phi) is 3.58. The first-order chi connectivity index (χ1) is 9.70. The Hall–Kier alpha value is -2.05. The molecule has 0 spiro atoms. The number of hydrogen-bond donors (Lipinski definition) is 3. The number of anilines is 2. The Labute approximate surface area is 117 Å². The summed E-state index contributed by atoms with van der Waals surface area (Å²) in [6, 6.07) is 1.96. The van der Waals surface area contributed by atoms with Gasteiger partial charge in [0.2, 0.25) is 0 Å². The molecule has 1 amide bonds. The number of nitrogens with one attached hydrogen (secondary N) is 2. The number of rotatable bonds is 6. The Balaban J connectivity index is 1.48. The van der Waals surface area contributed by atoms with Crippen LogP contribution in [0.25, 0.3) is 0 Å². The van der Waals surface area contributed by atoms with Crippen LogP contribution in [-0.2, 0) is 0 Å². The van der Waals surface area contributed by atoms with Crippen molar-refractivity contribution in [2.24, 2.45) is 11.8 Å². The molecule has 0 unspecified atom stereocenters. The van der Waals surface area contributed by atoms with Gasteiger partial charge in [-0.1, -0.05) is 0 Å². The Morgan fingerprint density at radius 2 is 2.10 bits per heavy atom. The first-order valence-corrected chi connectivity index (χ1v) is 6.98. The van der Waals surface area contributed by atoms with Crippen LogP contribution in [0.15, 0.2) is 12.4 Å². The van der Waals surface area contributed by atoms with Gasteiger partial charge in [-0.15, -0.1) is 0 Å². The van der Waals surface area contributed by atoms with E-state index in [0.717, 1.165) is 37.2 Å². The highest BCUT2D eigenvalue weighted by Gasteiger charge is 2.28. The summed E-state index contributed by atoms with van der Waals surface area (Å²) in [5.41, 5.74) is 0. The van der Waals surface area contributed by atoms with E-state index in [1.807, 2.05) is 6.07 Å². The smallest absolute Gasteiger partial charge is 0.404 e. The van der Waals surface area contributed by atoms with Gasteiger partial charge in [-0.2, -0.15) is 0 Å². The molecule has 0 atom stereocenters. The van der Waals surface area contributed by atoms with E-state index in [-0.39, 0.29) is 0 Å². The molecule has 0 bridgehead atoms. The van der Waals surface area contributed by atoms with Crippen molar-refractivity contribution >= 4 is 17.7 Å². The van der Waals surface area contributed by atoms with Gasteiger partial charge in [0.25, 0.3) is 0 Å². The predicted molar refractivity (Wildman–Crippen MR) is 75.0 cm³/mol. The summed E-state index contributed by atoms with van der Waals surface area (Å²) < 4.78 is 0. The first-order valence-electron chi connectivity index (χ1n) is 6.98. The number of carboxylic acid groups (broad SMARTS) is 1. The fourth-order valence-electron chi connectivity index (χ4n) is 2.31. The maximum atomic E-state index is 10.4. The van der Waals surface area contributed by atoms with Crippen molar-refractivity contribution in [3.8, 4) is 0 Å². The molecule has 108 valence electrons. The highest BCUT2D eigenvalue weighted by Crippen LogP contribution is 2.29. The zero-order chi connectivity index (χ0) is 13.9. The number of carbonyl (C=O) groups is 1. The first kappa shape index (κ1) is 13.0. The number of aromatic nitrogens is 2. The van der Waals surface area contributed by atoms with E-state index in [2.05, 4.69) is 25.5 Å². The second-order valence-electron chi connectivity index (χ2n) is 5.54. The van der Waals surface area contributed by atoms with Crippen LogP contribution < -0.4 is 15.5 Å². The van der Waals surface area contributed by atoms with Crippen molar-refractivity contribution in [2.45, 2.75) is 12.8 Å². The Morgan fingerprint density at radius 1 is 1.30 bits per heavy atom. The molecular formula is C13H19N5O2. The monoisotopic (exact) mass is 277 g/mol. The maximum absolute atomic E-state index is 10.4. The van der Waals surface area contributed by atoms with Gasteiger partial charge in [0.1, 0.15) is 18.0 Å². The third kappa shape index (κ3) is 3.28. The van der Waals surface area contributed by atoms with Crippen molar-refractivity contribution in [1.29, 1.82) is 0 Å². The zero-order valence-electron chi connectivity index (χ0n) is 11.2. The minimum Gasteiger partial charge on any atom is -0.465 e. The van der Waals surface area contributed by atoms with Crippen LogP contribution in [0.3, 0.4) is 0 Å². The molecule has 1 saturated heterocycles. The molecule has 7 heteroatoms. The van der Waals surface area contributed by atoms with Crippen molar-refractivity contribution in [1.82, 2.24) is 15.3 Å². The molecule has 20 heavy (non-hydrogen) atoms. The molecule has 1 aromatic rings. The summed E-state index contributed by atoms with van der Waals surface area (Å²) >= 11 is 0. The molecule has 7 nitrogen and oxygen atoms in total. The predicted octanol–water partition coefficient (Wildman–Crippen LogP) is 1.00. The van der Waals surface area contributed by atoms with Crippen LogP contribution in [0.2, 0.25) is 0 Å². The van der Waals surface area contributed by atoms with Crippen molar-refractivity contribution in [3.05, 3.63) is 12.4 Å². The van der Waals surface area contributed by atoms with E-state index in [1.165, 1.54) is 12.8 Å². The van der Waals surface area contributed by atoms with Crippen LogP contribution in [0, 0.1) is 11.8 Å². The molecule has 2 fully saturated rings. The summed E-state index contributed by atoms with van der Waals surface area (Å²) in [4.78, 5) is 21.0. The molecule has 2 aliphatic rings.